The molecule has 3 aromatic heterocycles. The van der Waals surface area contributed by atoms with Gasteiger partial charge in [-0.15, -0.1) is 5.10 Å². The number of ether oxygens (including phenoxy) is 1. The Hall–Kier alpha value is -4.24. The van der Waals surface area contributed by atoms with Crippen LogP contribution in [0.3, 0.4) is 0 Å². The van der Waals surface area contributed by atoms with Crippen LogP contribution < -0.4 is 10.3 Å². The van der Waals surface area contributed by atoms with Crippen molar-refractivity contribution in [1.82, 2.24) is 30.1 Å². The fourth-order valence-electron chi connectivity index (χ4n) is 4.82. The molecule has 0 saturated carbocycles. The molecule has 0 bridgehead atoms. The van der Waals surface area contributed by atoms with Gasteiger partial charge in [-0.05, 0) is 98.5 Å². The number of pyridine rings is 1. The predicted molar refractivity (Wildman–Crippen MR) is 150 cm³/mol. The zero-order valence-electron chi connectivity index (χ0n) is 23.0. The van der Waals surface area contributed by atoms with E-state index in [1.165, 1.54) is 0 Å². The molecule has 0 radical (unpaired) electrons. The van der Waals surface area contributed by atoms with Crippen molar-refractivity contribution >= 4 is 10.9 Å². The minimum absolute atomic E-state index is 0.184. The summed E-state index contributed by atoms with van der Waals surface area (Å²) < 4.78 is 13.2. The number of H-pyrrole nitrogens is 1. The fourth-order valence-corrected chi connectivity index (χ4v) is 4.82. The van der Waals surface area contributed by atoms with Gasteiger partial charge in [-0.3, -0.25) is 9.69 Å². The minimum atomic E-state index is -0.565. The number of fused-ring (bicyclic) bond motifs is 1. The van der Waals surface area contributed by atoms with Crippen LogP contribution in [-0.4, -0.2) is 36.7 Å². The zero-order chi connectivity index (χ0) is 27.6. The number of aryl methyl sites for hydroxylation is 1. The third-order valence-electron chi connectivity index (χ3n) is 6.62. The first kappa shape index (κ1) is 26.4. The molecule has 9 nitrogen and oxygen atoms in total. The number of aromatic amines is 1. The molecule has 9 heteroatoms. The summed E-state index contributed by atoms with van der Waals surface area (Å²) in [5, 5.41) is 13.8. The summed E-state index contributed by atoms with van der Waals surface area (Å²) in [5.41, 5.74) is 2.91. The first-order chi connectivity index (χ1) is 18.7. The smallest absolute Gasteiger partial charge is 0.253 e. The fraction of sp³-hybridized carbons (Fsp3) is 0.333. The predicted octanol–water partition coefficient (Wildman–Crippen LogP) is 5.36. The van der Waals surface area contributed by atoms with Crippen molar-refractivity contribution in [2.75, 3.05) is 6.61 Å². The SMILES string of the molecule is CCOc1ccc(CN(Cc2ccco2)C(c2cc3cc(C)ccc3[nH]c2=O)c2nnnn2C(C)(C)C)cc1. The molecule has 202 valence electrons. The molecule has 0 fully saturated rings. The highest BCUT2D eigenvalue weighted by atomic mass is 16.5. The van der Waals surface area contributed by atoms with E-state index in [2.05, 4.69) is 31.5 Å². The topological polar surface area (TPSA) is 102 Å². The first-order valence-electron chi connectivity index (χ1n) is 13.1. The molecular weight excluding hydrogens is 492 g/mol. The highest BCUT2D eigenvalue weighted by Crippen LogP contribution is 2.32. The lowest BCUT2D eigenvalue weighted by atomic mass is 10.00. The summed E-state index contributed by atoms with van der Waals surface area (Å²) in [7, 11) is 0. The molecule has 39 heavy (non-hydrogen) atoms. The van der Waals surface area contributed by atoms with Gasteiger partial charge in [0.2, 0.25) is 0 Å². The maximum atomic E-state index is 13.7. The van der Waals surface area contributed by atoms with Crippen molar-refractivity contribution in [3.05, 3.63) is 106 Å². The second kappa shape index (κ2) is 10.9. The summed E-state index contributed by atoms with van der Waals surface area (Å²) in [6.45, 7) is 11.7. The third kappa shape index (κ3) is 5.78. The van der Waals surface area contributed by atoms with E-state index in [1.54, 1.807) is 10.9 Å². The van der Waals surface area contributed by atoms with Crippen LogP contribution in [0.25, 0.3) is 10.9 Å². The Balaban J connectivity index is 1.69. The van der Waals surface area contributed by atoms with Gasteiger partial charge in [-0.25, -0.2) is 4.68 Å². The van der Waals surface area contributed by atoms with Gasteiger partial charge in [-0.1, -0.05) is 23.8 Å². The number of hydrogen-bond donors (Lipinski definition) is 1. The van der Waals surface area contributed by atoms with Crippen molar-refractivity contribution in [3.8, 4) is 5.75 Å². The number of benzene rings is 2. The average molecular weight is 527 g/mol. The molecule has 5 aromatic rings. The van der Waals surface area contributed by atoms with Crippen LogP contribution in [0.5, 0.6) is 5.75 Å². The Morgan fingerprint density at radius 1 is 1.08 bits per heavy atom. The highest BCUT2D eigenvalue weighted by Gasteiger charge is 2.34. The normalized spacial score (nSPS) is 12.8. The van der Waals surface area contributed by atoms with Crippen LogP contribution in [0.2, 0.25) is 0 Å². The quantitative estimate of drug-likeness (QED) is 0.276. The van der Waals surface area contributed by atoms with Gasteiger partial charge in [0.25, 0.3) is 5.56 Å². The van der Waals surface area contributed by atoms with E-state index in [-0.39, 0.29) is 5.56 Å². The molecule has 0 aliphatic rings. The third-order valence-corrected chi connectivity index (χ3v) is 6.62. The summed E-state index contributed by atoms with van der Waals surface area (Å²) in [5.74, 6) is 2.17. The lowest BCUT2D eigenvalue weighted by molar-refractivity contribution is 0.171. The van der Waals surface area contributed by atoms with E-state index in [4.69, 9.17) is 9.15 Å². The van der Waals surface area contributed by atoms with Gasteiger partial charge in [0.05, 0.1) is 25.0 Å². The maximum absolute atomic E-state index is 13.7. The summed E-state index contributed by atoms with van der Waals surface area (Å²) in [6, 6.07) is 19.2. The minimum Gasteiger partial charge on any atom is -0.494 e. The van der Waals surface area contributed by atoms with Crippen LogP contribution in [0, 0.1) is 6.92 Å². The molecule has 1 unspecified atom stereocenters. The second-order valence-electron chi connectivity index (χ2n) is 10.7. The molecule has 0 amide bonds. The Bertz CT molecular complexity index is 1600. The lowest BCUT2D eigenvalue weighted by Gasteiger charge is -2.32. The van der Waals surface area contributed by atoms with Gasteiger partial charge >= 0.3 is 0 Å². The van der Waals surface area contributed by atoms with Crippen LogP contribution in [0.1, 0.15) is 62.0 Å². The lowest BCUT2D eigenvalue weighted by Crippen LogP contribution is -2.37. The van der Waals surface area contributed by atoms with Crippen molar-refractivity contribution in [2.24, 2.45) is 0 Å². The number of tetrazole rings is 1. The average Bonchev–Trinajstić information content (AvgIpc) is 3.59. The first-order valence-corrected chi connectivity index (χ1v) is 13.1. The van der Waals surface area contributed by atoms with Gasteiger partial charge in [-0.2, -0.15) is 0 Å². The maximum Gasteiger partial charge on any atom is 0.253 e. The molecule has 0 saturated heterocycles. The molecule has 1 N–H and O–H groups in total. The Labute approximate surface area is 227 Å². The van der Waals surface area contributed by atoms with Crippen LogP contribution in [0.4, 0.5) is 0 Å². The molecule has 3 heterocycles. The van der Waals surface area contributed by atoms with Gasteiger partial charge in [0, 0.05) is 17.6 Å². The molecule has 0 aliphatic heterocycles. The Morgan fingerprint density at radius 2 is 1.87 bits per heavy atom. The summed E-state index contributed by atoms with van der Waals surface area (Å²) in [4.78, 5) is 19.0. The molecule has 1 atom stereocenters. The summed E-state index contributed by atoms with van der Waals surface area (Å²) in [6.07, 6.45) is 1.66. The second-order valence-corrected chi connectivity index (χ2v) is 10.7. The number of furan rings is 1. The van der Waals surface area contributed by atoms with Crippen LogP contribution >= 0.6 is 0 Å². The summed E-state index contributed by atoms with van der Waals surface area (Å²) >= 11 is 0. The van der Waals surface area contributed by atoms with Gasteiger partial charge in [0.1, 0.15) is 17.6 Å². The number of aromatic nitrogens is 5. The van der Waals surface area contributed by atoms with E-state index < -0.39 is 11.6 Å². The monoisotopic (exact) mass is 526 g/mol. The largest absolute Gasteiger partial charge is 0.494 e. The Kier molecular flexibility index (Phi) is 7.34. The number of nitrogens with zero attached hydrogens (tertiary/aromatic N) is 5. The Morgan fingerprint density at radius 3 is 2.56 bits per heavy atom. The van der Waals surface area contributed by atoms with Crippen molar-refractivity contribution in [1.29, 1.82) is 0 Å². The molecule has 5 rings (SSSR count). The van der Waals surface area contributed by atoms with E-state index in [0.29, 0.717) is 31.1 Å². The van der Waals surface area contributed by atoms with Crippen LogP contribution in [0.15, 0.2) is 76.1 Å². The number of rotatable bonds is 9. The molecular formula is C30H34N6O3. The zero-order valence-corrected chi connectivity index (χ0v) is 23.0. The molecule has 0 aliphatic carbocycles. The van der Waals surface area contributed by atoms with Crippen LogP contribution in [-0.2, 0) is 18.6 Å². The number of hydrogen-bond acceptors (Lipinski definition) is 7. The van der Waals surface area contributed by atoms with Crippen molar-refractivity contribution in [3.63, 3.8) is 0 Å². The van der Waals surface area contributed by atoms with E-state index in [9.17, 15) is 4.79 Å². The van der Waals surface area contributed by atoms with Gasteiger partial charge in [0.15, 0.2) is 5.82 Å². The van der Waals surface area contributed by atoms with Gasteiger partial charge < -0.3 is 14.1 Å². The molecule has 2 aromatic carbocycles. The van der Waals surface area contributed by atoms with Crippen molar-refractivity contribution in [2.45, 2.75) is 59.3 Å². The number of nitrogens with one attached hydrogen (secondary N) is 1. The molecule has 0 spiro atoms. The van der Waals surface area contributed by atoms with Crippen molar-refractivity contribution < 1.29 is 9.15 Å². The van der Waals surface area contributed by atoms with E-state index >= 15 is 0 Å². The van der Waals surface area contributed by atoms with E-state index in [1.807, 2.05) is 89.2 Å². The standard InChI is InChI=1S/C30H34N6O3/c1-6-38-23-12-10-21(11-13-23)18-35(19-24-8-7-15-39-24)27(28-32-33-34-36(28)30(3,4)5)25-17-22-16-20(2)9-14-26(22)31-29(25)37/h7-17,27H,6,18-19H2,1-5H3,(H,31,37). The highest BCUT2D eigenvalue weighted by molar-refractivity contribution is 5.79. The van der Waals surface area contributed by atoms with E-state index in [0.717, 1.165) is 33.5 Å².